The molecule has 1 aliphatic heterocycles. The second-order valence-corrected chi connectivity index (χ2v) is 4.04. The summed E-state index contributed by atoms with van der Waals surface area (Å²) in [6, 6.07) is 0.580. The first-order chi connectivity index (χ1) is 6.83. The number of amides is 1. The van der Waals surface area contributed by atoms with Crippen molar-refractivity contribution in [3.63, 3.8) is 0 Å². The Labute approximate surface area is 86.6 Å². The van der Waals surface area contributed by atoms with Gasteiger partial charge in [0.05, 0.1) is 0 Å². The van der Waals surface area contributed by atoms with E-state index in [-0.39, 0.29) is 5.91 Å². The zero-order valence-corrected chi connectivity index (χ0v) is 9.14. The van der Waals surface area contributed by atoms with Gasteiger partial charge in [-0.25, -0.2) is 0 Å². The van der Waals surface area contributed by atoms with E-state index >= 15 is 0 Å². The summed E-state index contributed by atoms with van der Waals surface area (Å²) in [6.45, 7) is 4.02. The molecule has 0 bridgehead atoms. The largest absolute Gasteiger partial charge is 0.356 e. The zero-order valence-electron chi connectivity index (χ0n) is 9.14. The molecule has 0 saturated carbocycles. The van der Waals surface area contributed by atoms with Crippen molar-refractivity contribution in [2.45, 2.75) is 51.5 Å². The van der Waals surface area contributed by atoms with Crippen LogP contribution in [0.3, 0.4) is 0 Å². The maximum Gasteiger partial charge on any atom is 0.220 e. The highest BCUT2D eigenvalue weighted by molar-refractivity contribution is 5.75. The molecule has 3 nitrogen and oxygen atoms in total. The number of hydrogen-bond acceptors (Lipinski definition) is 2. The predicted octanol–water partition coefficient (Wildman–Crippen LogP) is 1.43. The summed E-state index contributed by atoms with van der Waals surface area (Å²) in [4.78, 5) is 11.3. The van der Waals surface area contributed by atoms with Gasteiger partial charge in [-0.3, -0.25) is 4.79 Å². The number of carbonyl (C=O) groups excluding carboxylic acids is 1. The lowest BCUT2D eigenvalue weighted by molar-refractivity contribution is -0.121. The van der Waals surface area contributed by atoms with E-state index in [9.17, 15) is 4.79 Å². The molecule has 0 spiro atoms. The van der Waals surface area contributed by atoms with Crippen molar-refractivity contribution in [3.05, 3.63) is 0 Å². The summed E-state index contributed by atoms with van der Waals surface area (Å²) in [5.74, 6) is 0.208. The van der Waals surface area contributed by atoms with Crippen LogP contribution in [0, 0.1) is 0 Å². The normalized spacial score (nSPS) is 21.9. The Morgan fingerprint density at radius 3 is 3.00 bits per heavy atom. The molecule has 1 rings (SSSR count). The molecule has 3 heteroatoms. The van der Waals surface area contributed by atoms with Crippen molar-refractivity contribution in [2.75, 3.05) is 13.1 Å². The van der Waals surface area contributed by atoms with E-state index in [4.69, 9.17) is 0 Å². The summed E-state index contributed by atoms with van der Waals surface area (Å²) >= 11 is 0. The minimum Gasteiger partial charge on any atom is -0.356 e. The van der Waals surface area contributed by atoms with Gasteiger partial charge >= 0.3 is 0 Å². The fourth-order valence-corrected chi connectivity index (χ4v) is 1.83. The summed E-state index contributed by atoms with van der Waals surface area (Å²) < 4.78 is 0. The number of nitrogens with one attached hydrogen (secondary N) is 2. The van der Waals surface area contributed by atoms with Crippen molar-refractivity contribution >= 4 is 5.91 Å². The SMILES string of the molecule is CCCNC(=O)CCC1CCCCN1. The van der Waals surface area contributed by atoms with Crippen LogP contribution in [-0.2, 0) is 4.79 Å². The van der Waals surface area contributed by atoms with Crippen molar-refractivity contribution in [2.24, 2.45) is 0 Å². The number of carbonyl (C=O) groups is 1. The van der Waals surface area contributed by atoms with Crippen LogP contribution in [0.5, 0.6) is 0 Å². The predicted molar refractivity (Wildman–Crippen MR) is 58.2 cm³/mol. The Kier molecular flexibility index (Phi) is 5.60. The molecule has 1 heterocycles. The molecule has 1 unspecified atom stereocenters. The highest BCUT2D eigenvalue weighted by atomic mass is 16.1. The molecule has 14 heavy (non-hydrogen) atoms. The molecule has 2 N–H and O–H groups in total. The summed E-state index contributed by atoms with van der Waals surface area (Å²) in [5, 5.41) is 6.36. The summed E-state index contributed by atoms with van der Waals surface area (Å²) in [5.41, 5.74) is 0. The first kappa shape index (κ1) is 11.5. The fraction of sp³-hybridized carbons (Fsp3) is 0.909. The van der Waals surface area contributed by atoms with Crippen LogP contribution < -0.4 is 10.6 Å². The van der Waals surface area contributed by atoms with Crippen LogP contribution in [0.15, 0.2) is 0 Å². The van der Waals surface area contributed by atoms with E-state index < -0.39 is 0 Å². The molecule has 82 valence electrons. The highest BCUT2D eigenvalue weighted by Gasteiger charge is 2.13. The smallest absolute Gasteiger partial charge is 0.220 e. The van der Waals surface area contributed by atoms with Crippen LogP contribution in [0.2, 0.25) is 0 Å². The van der Waals surface area contributed by atoms with Gasteiger partial charge in [0, 0.05) is 19.0 Å². The van der Waals surface area contributed by atoms with Crippen molar-refractivity contribution < 1.29 is 4.79 Å². The van der Waals surface area contributed by atoms with E-state index in [1.54, 1.807) is 0 Å². The number of hydrogen-bond donors (Lipinski definition) is 2. The van der Waals surface area contributed by atoms with E-state index in [2.05, 4.69) is 17.6 Å². The first-order valence-electron chi connectivity index (χ1n) is 5.83. The maximum atomic E-state index is 11.3. The van der Waals surface area contributed by atoms with Gasteiger partial charge in [-0.1, -0.05) is 13.3 Å². The first-order valence-corrected chi connectivity index (χ1v) is 5.83. The maximum absolute atomic E-state index is 11.3. The van der Waals surface area contributed by atoms with Gasteiger partial charge in [-0.05, 0) is 32.2 Å². The standard InChI is InChI=1S/C11H22N2O/c1-2-8-13-11(14)7-6-10-5-3-4-9-12-10/h10,12H,2-9H2,1H3,(H,13,14). The minimum absolute atomic E-state index is 0.208. The molecular formula is C11H22N2O. The van der Waals surface area contributed by atoms with Gasteiger partial charge in [0.1, 0.15) is 0 Å². The van der Waals surface area contributed by atoms with Crippen molar-refractivity contribution in [1.82, 2.24) is 10.6 Å². The van der Waals surface area contributed by atoms with E-state index in [0.717, 1.165) is 25.9 Å². The molecule has 1 amide bonds. The van der Waals surface area contributed by atoms with Crippen LogP contribution in [0.4, 0.5) is 0 Å². The summed E-state index contributed by atoms with van der Waals surface area (Å²) in [7, 11) is 0. The average Bonchev–Trinajstić information content (AvgIpc) is 2.25. The molecule has 0 aromatic rings. The zero-order chi connectivity index (χ0) is 10.2. The molecule has 0 aromatic heterocycles. The van der Waals surface area contributed by atoms with Crippen LogP contribution in [0.1, 0.15) is 45.4 Å². The van der Waals surface area contributed by atoms with Gasteiger partial charge in [-0.15, -0.1) is 0 Å². The van der Waals surface area contributed by atoms with Gasteiger partial charge in [-0.2, -0.15) is 0 Å². The topological polar surface area (TPSA) is 41.1 Å². The molecule has 1 atom stereocenters. The highest BCUT2D eigenvalue weighted by Crippen LogP contribution is 2.11. The third-order valence-corrected chi connectivity index (χ3v) is 2.70. The lowest BCUT2D eigenvalue weighted by atomic mass is 10.0. The van der Waals surface area contributed by atoms with Crippen LogP contribution in [0.25, 0.3) is 0 Å². The third kappa shape index (κ3) is 4.61. The van der Waals surface area contributed by atoms with E-state index in [1.165, 1.54) is 19.3 Å². The number of rotatable bonds is 5. The molecule has 1 saturated heterocycles. The van der Waals surface area contributed by atoms with Gasteiger partial charge in [0.25, 0.3) is 0 Å². The Bertz CT molecular complexity index is 165. The second kappa shape index (κ2) is 6.82. The molecule has 1 fully saturated rings. The Balaban J connectivity index is 2.03. The van der Waals surface area contributed by atoms with Crippen molar-refractivity contribution in [1.29, 1.82) is 0 Å². The summed E-state index contributed by atoms with van der Waals surface area (Å²) in [6.07, 6.45) is 6.54. The average molecular weight is 198 g/mol. The Morgan fingerprint density at radius 2 is 2.36 bits per heavy atom. The second-order valence-electron chi connectivity index (χ2n) is 4.04. The fourth-order valence-electron chi connectivity index (χ4n) is 1.83. The molecule has 0 aromatic carbocycles. The van der Waals surface area contributed by atoms with E-state index in [0.29, 0.717) is 12.5 Å². The van der Waals surface area contributed by atoms with Gasteiger partial charge < -0.3 is 10.6 Å². The lowest BCUT2D eigenvalue weighted by Crippen LogP contribution is -2.35. The molecule has 0 aliphatic carbocycles. The number of piperidine rings is 1. The van der Waals surface area contributed by atoms with E-state index in [1.807, 2.05) is 0 Å². The monoisotopic (exact) mass is 198 g/mol. The Hall–Kier alpha value is -0.570. The van der Waals surface area contributed by atoms with Gasteiger partial charge in [0.15, 0.2) is 0 Å². The van der Waals surface area contributed by atoms with Gasteiger partial charge in [0.2, 0.25) is 5.91 Å². The molecular weight excluding hydrogens is 176 g/mol. The quantitative estimate of drug-likeness (QED) is 0.701. The molecule has 0 radical (unpaired) electrons. The Morgan fingerprint density at radius 1 is 1.50 bits per heavy atom. The van der Waals surface area contributed by atoms with Crippen molar-refractivity contribution in [3.8, 4) is 0 Å². The lowest BCUT2D eigenvalue weighted by Gasteiger charge is -2.22. The van der Waals surface area contributed by atoms with Crippen LogP contribution >= 0.6 is 0 Å². The third-order valence-electron chi connectivity index (χ3n) is 2.70. The minimum atomic E-state index is 0.208. The molecule has 1 aliphatic rings. The van der Waals surface area contributed by atoms with Crippen LogP contribution in [-0.4, -0.2) is 25.0 Å².